The molecule has 0 radical (unpaired) electrons. The smallest absolute Gasteiger partial charge is 0.119 e. The van der Waals surface area contributed by atoms with Gasteiger partial charge in [-0.25, -0.2) is 0 Å². The van der Waals surface area contributed by atoms with Crippen molar-refractivity contribution in [2.24, 2.45) is 0 Å². The monoisotopic (exact) mass is 207 g/mol. The van der Waals surface area contributed by atoms with Gasteiger partial charge >= 0.3 is 0 Å². The Labute approximate surface area is 90.4 Å². The molecule has 2 rings (SSSR count). The van der Waals surface area contributed by atoms with E-state index in [1.807, 2.05) is 6.92 Å². The van der Waals surface area contributed by atoms with Crippen molar-refractivity contribution in [2.45, 2.75) is 26.6 Å². The predicted molar refractivity (Wildman–Crippen MR) is 58.9 cm³/mol. The highest BCUT2D eigenvalue weighted by atomic mass is 16.5. The van der Waals surface area contributed by atoms with E-state index >= 15 is 0 Å². The van der Waals surface area contributed by atoms with Gasteiger partial charge in [-0.2, -0.15) is 0 Å². The van der Waals surface area contributed by atoms with Crippen molar-refractivity contribution in [3.05, 3.63) is 28.8 Å². The van der Waals surface area contributed by atoms with Crippen LogP contribution >= 0.6 is 0 Å². The highest BCUT2D eigenvalue weighted by Gasteiger charge is 2.15. The van der Waals surface area contributed by atoms with E-state index in [0.29, 0.717) is 6.61 Å². The summed E-state index contributed by atoms with van der Waals surface area (Å²) in [5, 5.41) is 3.34. The van der Waals surface area contributed by atoms with Gasteiger partial charge in [0, 0.05) is 19.7 Å². The molecule has 1 aromatic rings. The van der Waals surface area contributed by atoms with Crippen LogP contribution in [-0.4, -0.2) is 13.7 Å². The minimum absolute atomic E-state index is 0.678. The molecule has 0 bridgehead atoms. The highest BCUT2D eigenvalue weighted by molar-refractivity contribution is 5.44. The number of hydrogen-bond donors (Lipinski definition) is 1. The van der Waals surface area contributed by atoms with Crippen LogP contribution in [0, 0.1) is 0 Å². The Hall–Kier alpha value is -1.06. The van der Waals surface area contributed by atoms with Gasteiger partial charge in [0.25, 0.3) is 0 Å². The Morgan fingerprint density at radius 1 is 1.33 bits per heavy atom. The third kappa shape index (κ3) is 2.13. The number of methoxy groups -OCH3 is 1. The highest BCUT2D eigenvalue weighted by Crippen LogP contribution is 2.26. The number of benzene rings is 1. The molecular weight excluding hydrogens is 190 g/mol. The Balaban J connectivity index is 2.30. The van der Waals surface area contributed by atoms with Gasteiger partial charge in [-0.05, 0) is 35.7 Å². The molecule has 82 valence electrons. The fourth-order valence-electron chi connectivity index (χ4n) is 1.93. The van der Waals surface area contributed by atoms with E-state index in [1.165, 1.54) is 16.7 Å². The molecule has 3 heteroatoms. The maximum Gasteiger partial charge on any atom is 0.119 e. The van der Waals surface area contributed by atoms with Crippen molar-refractivity contribution < 1.29 is 9.47 Å². The van der Waals surface area contributed by atoms with Gasteiger partial charge in [0.1, 0.15) is 5.75 Å². The minimum atomic E-state index is 0.678. The first kappa shape index (κ1) is 10.5. The molecule has 1 aliphatic heterocycles. The van der Waals surface area contributed by atoms with Gasteiger partial charge in [0.05, 0.1) is 13.7 Å². The standard InChI is InChI=1S/C12H17NO2/c1-3-15-8-10-5-11(14-2)4-9-6-13-7-12(9)10/h4-5,13H,3,6-8H2,1-2H3. The summed E-state index contributed by atoms with van der Waals surface area (Å²) in [6.07, 6.45) is 0. The first-order valence-electron chi connectivity index (χ1n) is 5.32. The largest absolute Gasteiger partial charge is 0.497 e. The number of ether oxygens (including phenoxy) is 2. The first-order valence-corrected chi connectivity index (χ1v) is 5.32. The summed E-state index contributed by atoms with van der Waals surface area (Å²) in [7, 11) is 1.70. The lowest BCUT2D eigenvalue weighted by atomic mass is 10.0. The summed E-state index contributed by atoms with van der Waals surface area (Å²) < 4.78 is 10.7. The second-order valence-corrected chi connectivity index (χ2v) is 3.66. The normalized spacial score (nSPS) is 14.0. The number of rotatable bonds is 4. The Morgan fingerprint density at radius 2 is 2.20 bits per heavy atom. The van der Waals surface area contributed by atoms with Crippen LogP contribution in [0.15, 0.2) is 12.1 Å². The van der Waals surface area contributed by atoms with Crippen LogP contribution in [-0.2, 0) is 24.4 Å². The fourth-order valence-corrected chi connectivity index (χ4v) is 1.93. The lowest BCUT2D eigenvalue weighted by Gasteiger charge is -2.10. The molecule has 1 aromatic carbocycles. The van der Waals surface area contributed by atoms with E-state index in [-0.39, 0.29) is 0 Å². The van der Waals surface area contributed by atoms with Gasteiger partial charge in [-0.3, -0.25) is 0 Å². The summed E-state index contributed by atoms with van der Waals surface area (Å²) in [6, 6.07) is 4.17. The quantitative estimate of drug-likeness (QED) is 0.817. The third-order valence-electron chi connectivity index (χ3n) is 2.72. The number of nitrogens with one attached hydrogen (secondary N) is 1. The van der Waals surface area contributed by atoms with E-state index in [2.05, 4.69) is 17.4 Å². The van der Waals surface area contributed by atoms with Crippen LogP contribution in [0.3, 0.4) is 0 Å². The lowest BCUT2D eigenvalue weighted by Crippen LogP contribution is -2.02. The lowest BCUT2D eigenvalue weighted by molar-refractivity contribution is 0.133. The van der Waals surface area contributed by atoms with Crippen molar-refractivity contribution in [3.8, 4) is 5.75 Å². The molecule has 0 saturated heterocycles. The molecule has 0 spiro atoms. The van der Waals surface area contributed by atoms with Gasteiger partial charge < -0.3 is 14.8 Å². The Bertz CT molecular complexity index is 350. The maximum atomic E-state index is 5.46. The maximum absolute atomic E-state index is 5.46. The topological polar surface area (TPSA) is 30.5 Å². The van der Waals surface area contributed by atoms with E-state index in [1.54, 1.807) is 7.11 Å². The molecule has 0 aromatic heterocycles. The van der Waals surface area contributed by atoms with Gasteiger partial charge in [0.2, 0.25) is 0 Å². The molecule has 0 aliphatic carbocycles. The summed E-state index contributed by atoms with van der Waals surface area (Å²) >= 11 is 0. The molecule has 1 heterocycles. The van der Waals surface area contributed by atoms with Gasteiger partial charge in [0.15, 0.2) is 0 Å². The van der Waals surface area contributed by atoms with E-state index < -0.39 is 0 Å². The van der Waals surface area contributed by atoms with Crippen molar-refractivity contribution >= 4 is 0 Å². The molecule has 0 atom stereocenters. The predicted octanol–water partition coefficient (Wildman–Crippen LogP) is 1.83. The van der Waals surface area contributed by atoms with Crippen molar-refractivity contribution in [2.75, 3.05) is 13.7 Å². The molecule has 0 amide bonds. The van der Waals surface area contributed by atoms with Crippen LogP contribution < -0.4 is 10.1 Å². The SMILES string of the molecule is CCOCc1cc(OC)cc2c1CNC2. The molecule has 0 saturated carbocycles. The second-order valence-electron chi connectivity index (χ2n) is 3.66. The van der Waals surface area contributed by atoms with Crippen LogP contribution in [0.4, 0.5) is 0 Å². The number of hydrogen-bond acceptors (Lipinski definition) is 3. The van der Waals surface area contributed by atoms with Crippen molar-refractivity contribution in [1.29, 1.82) is 0 Å². The minimum Gasteiger partial charge on any atom is -0.497 e. The average molecular weight is 207 g/mol. The molecule has 15 heavy (non-hydrogen) atoms. The third-order valence-corrected chi connectivity index (χ3v) is 2.72. The van der Waals surface area contributed by atoms with Crippen molar-refractivity contribution in [1.82, 2.24) is 5.32 Å². The molecule has 0 fully saturated rings. The summed E-state index contributed by atoms with van der Waals surface area (Å²) in [4.78, 5) is 0. The summed E-state index contributed by atoms with van der Waals surface area (Å²) in [6.45, 7) is 5.32. The van der Waals surface area contributed by atoms with E-state index in [4.69, 9.17) is 9.47 Å². The molecule has 3 nitrogen and oxygen atoms in total. The zero-order valence-electron chi connectivity index (χ0n) is 9.30. The molecule has 1 aliphatic rings. The van der Waals surface area contributed by atoms with Crippen molar-refractivity contribution in [3.63, 3.8) is 0 Å². The van der Waals surface area contributed by atoms with Crippen LogP contribution in [0.1, 0.15) is 23.6 Å². The van der Waals surface area contributed by atoms with Gasteiger partial charge in [-0.15, -0.1) is 0 Å². The Morgan fingerprint density at radius 3 is 2.93 bits per heavy atom. The van der Waals surface area contributed by atoms with E-state index in [9.17, 15) is 0 Å². The fraction of sp³-hybridized carbons (Fsp3) is 0.500. The van der Waals surface area contributed by atoms with Crippen LogP contribution in [0.25, 0.3) is 0 Å². The zero-order chi connectivity index (χ0) is 10.7. The van der Waals surface area contributed by atoms with Crippen LogP contribution in [0.5, 0.6) is 5.75 Å². The Kier molecular flexibility index (Phi) is 3.23. The van der Waals surface area contributed by atoms with Crippen LogP contribution in [0.2, 0.25) is 0 Å². The summed E-state index contributed by atoms with van der Waals surface area (Å²) in [5.74, 6) is 0.923. The first-order chi connectivity index (χ1) is 7.35. The number of fused-ring (bicyclic) bond motifs is 1. The molecule has 1 N–H and O–H groups in total. The zero-order valence-corrected chi connectivity index (χ0v) is 9.30. The average Bonchev–Trinajstić information content (AvgIpc) is 2.73. The molecule has 0 unspecified atom stereocenters. The van der Waals surface area contributed by atoms with E-state index in [0.717, 1.165) is 25.4 Å². The summed E-state index contributed by atoms with van der Waals surface area (Å²) in [5.41, 5.74) is 3.96. The molecular formula is C12H17NO2. The van der Waals surface area contributed by atoms with Gasteiger partial charge in [-0.1, -0.05) is 0 Å². The second kappa shape index (κ2) is 4.64.